The van der Waals surface area contributed by atoms with Crippen LogP contribution in [0.4, 0.5) is 14.6 Å². The van der Waals surface area contributed by atoms with Crippen LogP contribution in [-0.2, 0) is 4.79 Å². The third kappa shape index (κ3) is 7.40. The largest absolute Gasteiger partial charge is 0.310 e. The fourth-order valence-corrected chi connectivity index (χ4v) is 4.04. The minimum absolute atomic E-state index is 0. The molecule has 0 unspecified atom stereocenters. The number of carbonyl (C=O) groups is 1. The van der Waals surface area contributed by atoms with Crippen LogP contribution in [0.5, 0.6) is 0 Å². The van der Waals surface area contributed by atoms with Crippen LogP contribution in [0.3, 0.4) is 0 Å². The van der Waals surface area contributed by atoms with E-state index in [-0.39, 0.29) is 19.8 Å². The number of anilines is 1. The zero-order valence-electron chi connectivity index (χ0n) is 18.3. The van der Waals surface area contributed by atoms with Crippen LogP contribution in [0.1, 0.15) is 40.6 Å². The molecule has 3 rings (SSSR count). The van der Waals surface area contributed by atoms with Crippen molar-refractivity contribution in [2.45, 2.75) is 40.0 Å². The fourth-order valence-electron chi connectivity index (χ4n) is 3.43. The Morgan fingerprint density at radius 1 is 1.32 bits per heavy atom. The number of amides is 1. The van der Waals surface area contributed by atoms with E-state index in [2.05, 4.69) is 16.9 Å². The monoisotopic (exact) mass is 450 g/mol. The molecule has 1 fully saturated rings. The van der Waals surface area contributed by atoms with Crippen molar-refractivity contribution in [1.29, 1.82) is 5.41 Å². The lowest BCUT2D eigenvalue weighted by Gasteiger charge is -2.30. The van der Waals surface area contributed by atoms with Crippen molar-refractivity contribution in [3.8, 4) is 0 Å². The lowest BCUT2D eigenvalue weighted by atomic mass is 9.96. The first-order chi connectivity index (χ1) is 14.8. The van der Waals surface area contributed by atoms with Crippen LogP contribution >= 0.6 is 11.8 Å². The lowest BCUT2D eigenvalue weighted by molar-refractivity contribution is -0.121. The number of halogens is 2. The summed E-state index contributed by atoms with van der Waals surface area (Å²) in [6.45, 7) is 10.5. The average Bonchev–Trinajstić information content (AvgIpc) is 2.74. The maximum atomic E-state index is 12.6. The maximum absolute atomic E-state index is 12.6. The first-order valence-corrected chi connectivity index (χ1v) is 11.3. The topological polar surface area (TPSA) is 69.1 Å². The number of hydrogen-bond acceptors (Lipinski definition) is 5. The highest BCUT2D eigenvalue weighted by Gasteiger charge is 2.26. The summed E-state index contributed by atoms with van der Waals surface area (Å²) in [6, 6.07) is 7.66. The third-order valence-corrected chi connectivity index (χ3v) is 5.71. The Bertz CT molecular complexity index is 933. The summed E-state index contributed by atoms with van der Waals surface area (Å²) in [5.74, 6) is 0.153. The highest BCUT2D eigenvalue weighted by atomic mass is 32.2. The van der Waals surface area contributed by atoms with Crippen molar-refractivity contribution in [3.05, 3.63) is 42.6 Å². The molecule has 8 heteroatoms. The Labute approximate surface area is 188 Å². The number of nitrogens with one attached hydrogen (secondary N) is 2. The molecule has 0 aliphatic carbocycles. The van der Waals surface area contributed by atoms with Crippen LogP contribution in [-0.4, -0.2) is 46.9 Å². The standard InChI is InChI=1S/C21H24F2N4OS.C2H6.H2/c1-13(29-14(2)24)16-3-4-17-11-25-20(10-18(17)9-16)26-21(28)15-5-7-27(8-6-15)12-19(22)23;1-2;/h3-4,9-11,15,19,24H,1,5-8,12H2,2H3,(H,25,26,28);1-2H3;1H. The van der Waals surface area contributed by atoms with Crippen molar-refractivity contribution in [3.63, 3.8) is 0 Å². The summed E-state index contributed by atoms with van der Waals surface area (Å²) in [5, 5.41) is 12.8. The first kappa shape index (κ1) is 24.9. The van der Waals surface area contributed by atoms with Crippen LogP contribution in [0, 0.1) is 11.3 Å². The fraction of sp³-hybridized carbons (Fsp3) is 0.435. The zero-order chi connectivity index (χ0) is 23.0. The average molecular weight is 451 g/mol. The second-order valence-corrected chi connectivity index (χ2v) is 8.48. The molecule has 1 saturated heterocycles. The molecule has 2 aromatic rings. The molecule has 0 spiro atoms. The Morgan fingerprint density at radius 2 is 2.00 bits per heavy atom. The van der Waals surface area contributed by atoms with Crippen molar-refractivity contribution in [2.75, 3.05) is 25.0 Å². The van der Waals surface area contributed by atoms with E-state index >= 15 is 0 Å². The summed E-state index contributed by atoms with van der Waals surface area (Å²) in [7, 11) is 0. The van der Waals surface area contributed by atoms with Crippen molar-refractivity contribution >= 4 is 44.2 Å². The molecule has 0 bridgehead atoms. The number of alkyl halides is 2. The highest BCUT2D eigenvalue weighted by Crippen LogP contribution is 2.29. The van der Waals surface area contributed by atoms with Gasteiger partial charge < -0.3 is 5.32 Å². The molecule has 1 amide bonds. The number of nitrogens with zero attached hydrogens (tertiary/aromatic N) is 2. The summed E-state index contributed by atoms with van der Waals surface area (Å²) in [4.78, 5) is 19.4. The van der Waals surface area contributed by atoms with Gasteiger partial charge >= 0.3 is 0 Å². The molecule has 1 aromatic heterocycles. The maximum Gasteiger partial charge on any atom is 0.251 e. The van der Waals surface area contributed by atoms with Gasteiger partial charge in [0.2, 0.25) is 5.91 Å². The van der Waals surface area contributed by atoms with Crippen LogP contribution < -0.4 is 5.32 Å². The number of rotatable bonds is 6. The molecular weight excluding hydrogens is 418 g/mol. The second-order valence-electron chi connectivity index (χ2n) is 7.17. The van der Waals surface area contributed by atoms with E-state index in [1.54, 1.807) is 18.0 Å². The van der Waals surface area contributed by atoms with E-state index < -0.39 is 6.43 Å². The van der Waals surface area contributed by atoms with E-state index in [4.69, 9.17) is 5.41 Å². The van der Waals surface area contributed by atoms with Crippen molar-refractivity contribution < 1.29 is 15.0 Å². The smallest absolute Gasteiger partial charge is 0.251 e. The predicted molar refractivity (Wildman–Crippen MR) is 129 cm³/mol. The number of thioether (sulfide) groups is 1. The minimum Gasteiger partial charge on any atom is -0.310 e. The number of likely N-dealkylation sites (tertiary alicyclic amines) is 1. The van der Waals surface area contributed by atoms with E-state index in [0.717, 1.165) is 21.2 Å². The molecule has 1 aromatic carbocycles. The van der Waals surface area contributed by atoms with E-state index in [0.29, 0.717) is 36.8 Å². The van der Waals surface area contributed by atoms with Crippen molar-refractivity contribution in [1.82, 2.24) is 9.88 Å². The number of aromatic nitrogens is 1. The van der Waals surface area contributed by atoms with Gasteiger partial charge in [0, 0.05) is 23.8 Å². The second kappa shape index (κ2) is 11.9. The highest BCUT2D eigenvalue weighted by molar-refractivity contribution is 8.21. The molecule has 2 N–H and O–H groups in total. The number of hydrogen-bond donors (Lipinski definition) is 2. The van der Waals surface area contributed by atoms with Gasteiger partial charge in [0.25, 0.3) is 6.43 Å². The Balaban J connectivity index is 0.00000166. The van der Waals surface area contributed by atoms with Gasteiger partial charge in [-0.3, -0.25) is 15.1 Å². The number of piperidine rings is 1. The van der Waals surface area contributed by atoms with Gasteiger partial charge in [-0.25, -0.2) is 13.8 Å². The number of fused-ring (bicyclic) bond motifs is 1. The number of carbonyl (C=O) groups excluding carboxylic acids is 1. The van der Waals surface area contributed by atoms with Gasteiger partial charge in [0.1, 0.15) is 5.82 Å². The van der Waals surface area contributed by atoms with Gasteiger partial charge in [-0.05, 0) is 55.9 Å². The van der Waals surface area contributed by atoms with Gasteiger partial charge in [-0.1, -0.05) is 44.3 Å². The van der Waals surface area contributed by atoms with E-state index in [1.807, 2.05) is 38.1 Å². The van der Waals surface area contributed by atoms with Crippen molar-refractivity contribution in [2.24, 2.45) is 5.92 Å². The van der Waals surface area contributed by atoms with Crippen LogP contribution in [0.2, 0.25) is 0 Å². The molecule has 0 atom stereocenters. The third-order valence-electron chi connectivity index (χ3n) is 4.93. The number of benzene rings is 1. The van der Waals surface area contributed by atoms with Gasteiger partial charge in [0.05, 0.1) is 11.6 Å². The lowest BCUT2D eigenvalue weighted by Crippen LogP contribution is -2.40. The SMILES string of the molecule is C=C(SC(C)=N)c1ccc2cnc(NC(=O)C3CCN(CC(F)F)CC3)cc2c1.CC.[HH]. The van der Waals surface area contributed by atoms with Crippen LogP contribution in [0.15, 0.2) is 37.0 Å². The molecule has 0 saturated carbocycles. The predicted octanol–water partition coefficient (Wildman–Crippen LogP) is 6.12. The normalized spacial score (nSPS) is 14.8. The molecule has 170 valence electrons. The summed E-state index contributed by atoms with van der Waals surface area (Å²) >= 11 is 1.31. The summed E-state index contributed by atoms with van der Waals surface area (Å²) in [6.07, 6.45) is 0.495. The molecule has 5 nitrogen and oxygen atoms in total. The molecule has 2 heterocycles. The van der Waals surface area contributed by atoms with Crippen LogP contribution in [0.25, 0.3) is 15.7 Å². The molecule has 0 radical (unpaired) electrons. The Morgan fingerprint density at radius 3 is 2.61 bits per heavy atom. The minimum atomic E-state index is -2.34. The van der Waals surface area contributed by atoms with Gasteiger partial charge in [-0.2, -0.15) is 0 Å². The van der Waals surface area contributed by atoms with E-state index in [9.17, 15) is 13.6 Å². The van der Waals surface area contributed by atoms with E-state index in [1.165, 1.54) is 11.8 Å². The molecular formula is C23H32F2N4OS. The first-order valence-electron chi connectivity index (χ1n) is 10.5. The Hall–Kier alpha value is -2.32. The Kier molecular flexibility index (Phi) is 9.58. The number of pyridine rings is 1. The molecule has 31 heavy (non-hydrogen) atoms. The quantitative estimate of drug-likeness (QED) is 0.411. The van der Waals surface area contributed by atoms with Gasteiger partial charge in [0.15, 0.2) is 0 Å². The molecule has 1 aliphatic heterocycles. The molecule has 1 aliphatic rings. The zero-order valence-corrected chi connectivity index (χ0v) is 19.1. The van der Waals surface area contributed by atoms with Gasteiger partial charge in [-0.15, -0.1) is 0 Å². The summed E-state index contributed by atoms with van der Waals surface area (Å²) in [5.41, 5.74) is 0.920. The summed E-state index contributed by atoms with van der Waals surface area (Å²) < 4.78 is 25.0.